The van der Waals surface area contributed by atoms with Crippen LogP contribution in [0.1, 0.15) is 47.1 Å². The van der Waals surface area contributed by atoms with Gasteiger partial charge in [-0.05, 0) is 68.1 Å². The molecule has 0 fully saturated rings. The van der Waals surface area contributed by atoms with Gasteiger partial charge in [0.1, 0.15) is 11.4 Å². The van der Waals surface area contributed by atoms with Crippen LogP contribution in [0.25, 0.3) is 33.5 Å². The Morgan fingerprint density at radius 3 is 1.77 bits per heavy atom. The van der Waals surface area contributed by atoms with E-state index >= 15 is 0 Å². The summed E-state index contributed by atoms with van der Waals surface area (Å²) in [5.41, 5.74) is 6.75. The van der Waals surface area contributed by atoms with Gasteiger partial charge in [-0.1, -0.05) is 57.2 Å². The van der Waals surface area contributed by atoms with Gasteiger partial charge in [-0.3, -0.25) is 0 Å². The molecule has 3 heteroatoms. The number of rotatable bonds is 3. The maximum absolute atomic E-state index is 5.99. The average Bonchev–Trinajstić information content (AvgIpc) is 2.72. The molecule has 0 saturated heterocycles. The van der Waals surface area contributed by atoms with Gasteiger partial charge in [-0.15, -0.1) is 0 Å². The summed E-state index contributed by atoms with van der Waals surface area (Å²) < 4.78 is 5.99. The number of hydrogen-bond acceptors (Lipinski definition) is 3. The first kappa shape index (κ1) is 21.0. The summed E-state index contributed by atoms with van der Waals surface area (Å²) in [6.45, 7) is 12.8. The minimum atomic E-state index is -0.232. The summed E-state index contributed by atoms with van der Waals surface area (Å²) in [5.74, 6) is 0.848. The molecule has 3 nitrogen and oxygen atoms in total. The van der Waals surface area contributed by atoms with Crippen molar-refractivity contribution in [2.75, 3.05) is 0 Å². The Kier molecular flexibility index (Phi) is 5.30. The Morgan fingerprint density at radius 2 is 1.19 bits per heavy atom. The first-order chi connectivity index (χ1) is 14.6. The zero-order valence-electron chi connectivity index (χ0n) is 19.2. The molecule has 0 amide bonds. The summed E-state index contributed by atoms with van der Waals surface area (Å²) >= 11 is 0. The van der Waals surface area contributed by atoms with Crippen LogP contribution in [-0.2, 0) is 5.41 Å². The number of fused-ring (bicyclic) bond motifs is 1. The number of benzene rings is 3. The zero-order valence-corrected chi connectivity index (χ0v) is 19.2. The third kappa shape index (κ3) is 4.77. The lowest BCUT2D eigenvalue weighted by molar-refractivity contribution is 0.131. The van der Waals surface area contributed by atoms with Crippen molar-refractivity contribution in [3.8, 4) is 28.3 Å². The maximum Gasteiger partial charge on any atom is 0.120 e. The lowest BCUT2D eigenvalue weighted by atomic mass is 9.87. The van der Waals surface area contributed by atoms with Crippen molar-refractivity contribution < 1.29 is 4.74 Å². The smallest absolute Gasteiger partial charge is 0.120 e. The minimum Gasteiger partial charge on any atom is -0.488 e. The van der Waals surface area contributed by atoms with Gasteiger partial charge in [-0.25, -0.2) is 9.97 Å². The Labute approximate surface area is 185 Å². The van der Waals surface area contributed by atoms with Gasteiger partial charge >= 0.3 is 0 Å². The van der Waals surface area contributed by atoms with Gasteiger partial charge in [0.05, 0.1) is 22.4 Å². The molecule has 0 unspecified atom stereocenters. The SMILES string of the molecule is CC(C)(C)Oc1ccc(-c2nc3ccc(C(C)(C)C)cc3nc2-c2ccccc2)cc1. The lowest BCUT2D eigenvalue weighted by Gasteiger charge is -2.21. The molecular formula is C28H30N2O. The second-order valence-electron chi connectivity index (χ2n) is 9.98. The number of nitrogens with zero attached hydrogens (tertiary/aromatic N) is 2. The van der Waals surface area contributed by atoms with E-state index in [1.807, 2.05) is 30.3 Å². The van der Waals surface area contributed by atoms with Crippen molar-refractivity contribution in [1.82, 2.24) is 9.97 Å². The van der Waals surface area contributed by atoms with Crippen LogP contribution in [0.15, 0.2) is 72.8 Å². The van der Waals surface area contributed by atoms with Gasteiger partial charge in [0.2, 0.25) is 0 Å². The topological polar surface area (TPSA) is 35.0 Å². The van der Waals surface area contributed by atoms with Crippen LogP contribution in [-0.4, -0.2) is 15.6 Å². The van der Waals surface area contributed by atoms with Gasteiger partial charge in [0.15, 0.2) is 0 Å². The first-order valence-electron chi connectivity index (χ1n) is 10.8. The molecule has 4 aromatic rings. The maximum atomic E-state index is 5.99. The molecule has 0 saturated carbocycles. The standard InChI is InChI=1S/C28H30N2O/c1-27(2,3)21-14-17-23-24(18-21)30-25(19-10-8-7-9-11-19)26(29-23)20-12-15-22(16-13-20)31-28(4,5)6/h7-18H,1-6H3. The van der Waals surface area contributed by atoms with Gasteiger partial charge in [-0.2, -0.15) is 0 Å². The van der Waals surface area contributed by atoms with Crippen molar-refractivity contribution >= 4 is 11.0 Å². The molecule has 3 aromatic carbocycles. The van der Waals surface area contributed by atoms with Crippen molar-refractivity contribution in [2.24, 2.45) is 0 Å². The predicted molar refractivity (Wildman–Crippen MR) is 129 cm³/mol. The monoisotopic (exact) mass is 410 g/mol. The van der Waals surface area contributed by atoms with Crippen molar-refractivity contribution in [2.45, 2.75) is 52.6 Å². The summed E-state index contributed by atoms with van der Waals surface area (Å²) in [6, 6.07) is 24.8. The molecule has 1 heterocycles. The summed E-state index contributed by atoms with van der Waals surface area (Å²) in [6.07, 6.45) is 0. The summed E-state index contributed by atoms with van der Waals surface area (Å²) in [4.78, 5) is 10.1. The quantitative estimate of drug-likeness (QED) is 0.352. The molecule has 0 radical (unpaired) electrons. The Hall–Kier alpha value is -3.20. The molecule has 0 atom stereocenters. The van der Waals surface area contributed by atoms with E-state index in [1.54, 1.807) is 0 Å². The first-order valence-corrected chi connectivity index (χ1v) is 10.8. The Balaban J connectivity index is 1.87. The largest absolute Gasteiger partial charge is 0.488 e. The van der Waals surface area contributed by atoms with Crippen LogP contribution in [0.5, 0.6) is 5.75 Å². The van der Waals surface area contributed by atoms with E-state index in [1.165, 1.54) is 5.56 Å². The van der Waals surface area contributed by atoms with Gasteiger partial charge in [0, 0.05) is 11.1 Å². The molecule has 0 aliphatic rings. The summed E-state index contributed by atoms with van der Waals surface area (Å²) in [7, 11) is 0. The highest BCUT2D eigenvalue weighted by Gasteiger charge is 2.18. The number of aromatic nitrogens is 2. The van der Waals surface area contributed by atoms with Crippen molar-refractivity contribution in [1.29, 1.82) is 0 Å². The molecule has 4 rings (SSSR count). The van der Waals surface area contributed by atoms with Crippen LogP contribution in [0.2, 0.25) is 0 Å². The van der Waals surface area contributed by atoms with Crippen LogP contribution in [0.4, 0.5) is 0 Å². The molecule has 0 aliphatic carbocycles. The second-order valence-corrected chi connectivity index (χ2v) is 9.98. The Bertz CT molecular complexity index is 1200. The van der Waals surface area contributed by atoms with E-state index in [4.69, 9.17) is 14.7 Å². The molecule has 158 valence electrons. The number of hydrogen-bond donors (Lipinski definition) is 0. The molecule has 0 aliphatic heterocycles. The van der Waals surface area contributed by atoms with Crippen molar-refractivity contribution in [3.63, 3.8) is 0 Å². The van der Waals surface area contributed by atoms with E-state index < -0.39 is 0 Å². The second kappa shape index (κ2) is 7.81. The van der Waals surface area contributed by atoms with Crippen molar-refractivity contribution in [3.05, 3.63) is 78.4 Å². The van der Waals surface area contributed by atoms with Gasteiger partial charge in [0.25, 0.3) is 0 Å². The third-order valence-corrected chi connectivity index (χ3v) is 5.13. The molecular weight excluding hydrogens is 380 g/mol. The van der Waals surface area contributed by atoms with Crippen LogP contribution in [0.3, 0.4) is 0 Å². The van der Waals surface area contributed by atoms with E-state index in [0.717, 1.165) is 39.3 Å². The predicted octanol–water partition coefficient (Wildman–Crippen LogP) is 7.44. The molecule has 0 bridgehead atoms. The Morgan fingerprint density at radius 1 is 0.613 bits per heavy atom. The molecule has 0 N–H and O–H groups in total. The highest BCUT2D eigenvalue weighted by molar-refractivity contribution is 5.86. The minimum absolute atomic E-state index is 0.0599. The van der Waals surface area contributed by atoms with E-state index in [-0.39, 0.29) is 11.0 Å². The molecule has 0 spiro atoms. The zero-order chi connectivity index (χ0) is 22.2. The van der Waals surface area contributed by atoms with E-state index in [0.29, 0.717) is 0 Å². The van der Waals surface area contributed by atoms with E-state index in [9.17, 15) is 0 Å². The fourth-order valence-corrected chi connectivity index (χ4v) is 3.55. The third-order valence-electron chi connectivity index (χ3n) is 5.13. The highest BCUT2D eigenvalue weighted by atomic mass is 16.5. The number of ether oxygens (including phenoxy) is 1. The van der Waals surface area contributed by atoms with Crippen LogP contribution >= 0.6 is 0 Å². The normalized spacial score (nSPS) is 12.2. The molecule has 1 aromatic heterocycles. The highest BCUT2D eigenvalue weighted by Crippen LogP contribution is 2.33. The van der Waals surface area contributed by atoms with Crippen LogP contribution in [0, 0.1) is 0 Å². The fraction of sp³-hybridized carbons (Fsp3) is 0.286. The molecule has 31 heavy (non-hydrogen) atoms. The van der Waals surface area contributed by atoms with Crippen LogP contribution < -0.4 is 4.74 Å². The van der Waals surface area contributed by atoms with Gasteiger partial charge < -0.3 is 4.74 Å². The lowest BCUT2D eigenvalue weighted by Crippen LogP contribution is -2.22. The summed E-state index contributed by atoms with van der Waals surface area (Å²) in [5, 5.41) is 0. The fourth-order valence-electron chi connectivity index (χ4n) is 3.55. The average molecular weight is 411 g/mol. The van der Waals surface area contributed by atoms with E-state index in [2.05, 4.69) is 84.0 Å².